The number of benzene rings is 1. The van der Waals surface area contributed by atoms with Gasteiger partial charge in [0.25, 0.3) is 10.1 Å². The van der Waals surface area contributed by atoms with Crippen LogP contribution in [0.25, 0.3) is 0 Å². The number of hydroxylamine groups is 2. The lowest BCUT2D eigenvalue weighted by Gasteiger charge is -2.26. The van der Waals surface area contributed by atoms with Crippen molar-refractivity contribution < 1.29 is 31.7 Å². The van der Waals surface area contributed by atoms with Crippen molar-refractivity contribution in [2.75, 3.05) is 26.5 Å². The van der Waals surface area contributed by atoms with Crippen LogP contribution in [0.2, 0.25) is 0 Å². The van der Waals surface area contributed by atoms with Crippen LogP contribution in [-0.4, -0.2) is 64.2 Å². The van der Waals surface area contributed by atoms with Gasteiger partial charge in [0.05, 0.1) is 26.0 Å². The minimum atomic E-state index is -3.74. The standard InChI is InChI=1S/C19H27NO7S/c1-24-19(21)17-15-9-6-11-20(15)26-18(17)16(27-28(2,22)23)10-12-25-13-14-7-4-3-5-8-14/h3-5,7-8,15-18H,6,9-13H2,1-2H3/t15-,16-,17+,18-/m1/s1. The van der Waals surface area contributed by atoms with Gasteiger partial charge in [0.2, 0.25) is 0 Å². The molecule has 4 atom stereocenters. The molecule has 2 saturated heterocycles. The van der Waals surface area contributed by atoms with E-state index in [0.29, 0.717) is 13.2 Å². The smallest absolute Gasteiger partial charge is 0.313 e. The Bertz CT molecular complexity index is 755. The summed E-state index contributed by atoms with van der Waals surface area (Å²) in [6.07, 6.45) is 1.43. The number of methoxy groups -OCH3 is 1. The topological polar surface area (TPSA) is 91.4 Å². The molecule has 3 rings (SSSR count). The zero-order chi connectivity index (χ0) is 20.1. The highest BCUT2D eigenvalue weighted by Crippen LogP contribution is 2.38. The first kappa shape index (κ1) is 21.2. The van der Waals surface area contributed by atoms with E-state index in [-0.39, 0.29) is 19.1 Å². The number of esters is 1. The lowest BCUT2D eigenvalue weighted by atomic mass is 9.89. The number of carbonyl (C=O) groups excluding carboxylic acids is 1. The fourth-order valence-electron chi connectivity index (χ4n) is 3.88. The normalized spacial score (nSPS) is 26.1. The van der Waals surface area contributed by atoms with Crippen LogP contribution in [0.15, 0.2) is 30.3 Å². The Balaban J connectivity index is 1.67. The monoisotopic (exact) mass is 413 g/mol. The maximum Gasteiger partial charge on any atom is 0.313 e. The van der Waals surface area contributed by atoms with Crippen molar-refractivity contribution in [2.45, 2.75) is 44.1 Å². The molecule has 0 unspecified atom stereocenters. The van der Waals surface area contributed by atoms with Crippen LogP contribution < -0.4 is 0 Å². The van der Waals surface area contributed by atoms with Crippen molar-refractivity contribution in [3.63, 3.8) is 0 Å². The molecule has 8 nitrogen and oxygen atoms in total. The van der Waals surface area contributed by atoms with Gasteiger partial charge in [-0.15, -0.1) is 0 Å². The third-order valence-electron chi connectivity index (χ3n) is 5.07. The van der Waals surface area contributed by atoms with Gasteiger partial charge >= 0.3 is 5.97 Å². The molecule has 0 N–H and O–H groups in total. The maximum absolute atomic E-state index is 12.4. The summed E-state index contributed by atoms with van der Waals surface area (Å²) in [5, 5.41) is 1.76. The summed E-state index contributed by atoms with van der Waals surface area (Å²) in [5.74, 6) is -1.000. The van der Waals surface area contributed by atoms with Crippen molar-refractivity contribution >= 4 is 16.1 Å². The van der Waals surface area contributed by atoms with Crippen molar-refractivity contribution in [1.82, 2.24) is 5.06 Å². The van der Waals surface area contributed by atoms with Crippen LogP contribution in [0.5, 0.6) is 0 Å². The molecule has 2 aliphatic rings. The SMILES string of the molecule is COC(=O)[C@@H]1[C@@H]([C@@H](CCOCc2ccccc2)OS(C)(=O)=O)ON2CCC[C@H]12. The molecular formula is C19H27NO7S. The van der Waals surface area contributed by atoms with Gasteiger partial charge in [0.15, 0.2) is 0 Å². The number of nitrogens with zero attached hydrogens (tertiary/aromatic N) is 1. The summed E-state index contributed by atoms with van der Waals surface area (Å²) in [6, 6.07) is 9.56. The summed E-state index contributed by atoms with van der Waals surface area (Å²) in [4.78, 5) is 18.3. The predicted molar refractivity (Wildman–Crippen MR) is 101 cm³/mol. The molecule has 2 aliphatic heterocycles. The van der Waals surface area contributed by atoms with Gasteiger partial charge in [0.1, 0.15) is 18.1 Å². The number of hydrogen-bond donors (Lipinski definition) is 0. The first-order chi connectivity index (χ1) is 13.4. The summed E-state index contributed by atoms with van der Waals surface area (Å²) in [7, 11) is -2.41. The molecule has 2 heterocycles. The number of ether oxygens (including phenoxy) is 2. The lowest BCUT2D eigenvalue weighted by Crippen LogP contribution is -2.42. The van der Waals surface area contributed by atoms with Crippen LogP contribution in [0.4, 0.5) is 0 Å². The van der Waals surface area contributed by atoms with E-state index in [9.17, 15) is 13.2 Å². The first-order valence-corrected chi connectivity index (χ1v) is 11.2. The first-order valence-electron chi connectivity index (χ1n) is 9.40. The molecule has 9 heteroatoms. The molecular weight excluding hydrogens is 386 g/mol. The maximum atomic E-state index is 12.4. The van der Waals surface area contributed by atoms with E-state index in [4.69, 9.17) is 18.5 Å². The second-order valence-electron chi connectivity index (χ2n) is 7.13. The Morgan fingerprint density at radius 2 is 2.07 bits per heavy atom. The van der Waals surface area contributed by atoms with Crippen molar-refractivity contribution in [3.8, 4) is 0 Å². The van der Waals surface area contributed by atoms with E-state index in [1.54, 1.807) is 5.06 Å². The summed E-state index contributed by atoms with van der Waals surface area (Å²) < 4.78 is 39.5. The molecule has 28 heavy (non-hydrogen) atoms. The third-order valence-corrected chi connectivity index (χ3v) is 5.67. The van der Waals surface area contributed by atoms with Crippen LogP contribution in [0.3, 0.4) is 0 Å². The lowest BCUT2D eigenvalue weighted by molar-refractivity contribution is -0.176. The highest BCUT2D eigenvalue weighted by Gasteiger charge is 2.53. The quantitative estimate of drug-likeness (QED) is 0.342. The van der Waals surface area contributed by atoms with Crippen molar-refractivity contribution in [1.29, 1.82) is 0 Å². The van der Waals surface area contributed by atoms with Gasteiger partial charge in [-0.2, -0.15) is 13.5 Å². The average Bonchev–Trinajstić information content (AvgIpc) is 3.24. The summed E-state index contributed by atoms with van der Waals surface area (Å²) >= 11 is 0. The number of carbonyl (C=O) groups is 1. The van der Waals surface area contributed by atoms with E-state index >= 15 is 0 Å². The van der Waals surface area contributed by atoms with Gasteiger partial charge < -0.3 is 9.47 Å². The van der Waals surface area contributed by atoms with Crippen LogP contribution in [0.1, 0.15) is 24.8 Å². The van der Waals surface area contributed by atoms with Gasteiger partial charge in [-0.05, 0) is 18.4 Å². The molecule has 0 aliphatic carbocycles. The molecule has 0 bridgehead atoms. The fourth-order valence-corrected chi connectivity index (χ4v) is 4.53. The van der Waals surface area contributed by atoms with E-state index in [0.717, 1.165) is 24.7 Å². The Morgan fingerprint density at radius 1 is 1.32 bits per heavy atom. The van der Waals surface area contributed by atoms with Crippen LogP contribution >= 0.6 is 0 Å². The average molecular weight is 413 g/mol. The van der Waals surface area contributed by atoms with E-state index in [1.807, 2.05) is 30.3 Å². The zero-order valence-corrected chi connectivity index (χ0v) is 17.0. The number of fused-ring (bicyclic) bond motifs is 1. The second-order valence-corrected chi connectivity index (χ2v) is 8.74. The molecule has 0 amide bonds. The van der Waals surface area contributed by atoms with Gasteiger partial charge in [-0.1, -0.05) is 30.3 Å². The van der Waals surface area contributed by atoms with Crippen molar-refractivity contribution in [2.24, 2.45) is 5.92 Å². The predicted octanol–water partition coefficient (Wildman–Crippen LogP) is 1.51. The summed E-state index contributed by atoms with van der Waals surface area (Å²) in [5.41, 5.74) is 1.02. The molecule has 1 aromatic rings. The zero-order valence-electron chi connectivity index (χ0n) is 16.2. The number of rotatable bonds is 9. The Kier molecular flexibility index (Phi) is 7.05. The molecule has 0 radical (unpaired) electrons. The van der Waals surface area contributed by atoms with Crippen LogP contribution in [0, 0.1) is 5.92 Å². The highest BCUT2D eigenvalue weighted by molar-refractivity contribution is 7.86. The summed E-state index contributed by atoms with van der Waals surface area (Å²) in [6.45, 7) is 1.38. The molecule has 156 valence electrons. The third kappa shape index (κ3) is 5.30. The Labute approximate surface area is 165 Å². The minimum absolute atomic E-state index is 0.117. The van der Waals surface area contributed by atoms with E-state index in [2.05, 4.69) is 0 Å². The van der Waals surface area contributed by atoms with Crippen molar-refractivity contribution in [3.05, 3.63) is 35.9 Å². The molecule has 0 saturated carbocycles. The fraction of sp³-hybridized carbons (Fsp3) is 0.632. The molecule has 0 spiro atoms. The van der Waals surface area contributed by atoms with Gasteiger partial charge in [0, 0.05) is 19.6 Å². The van der Waals surface area contributed by atoms with Gasteiger partial charge in [-0.25, -0.2) is 0 Å². The Hall–Kier alpha value is -1.52. The highest BCUT2D eigenvalue weighted by atomic mass is 32.2. The van der Waals surface area contributed by atoms with E-state index < -0.39 is 34.2 Å². The molecule has 0 aromatic heterocycles. The number of hydrogen-bond acceptors (Lipinski definition) is 8. The largest absolute Gasteiger partial charge is 0.469 e. The van der Waals surface area contributed by atoms with Crippen LogP contribution in [-0.2, 0) is 40.0 Å². The molecule has 1 aromatic carbocycles. The minimum Gasteiger partial charge on any atom is -0.469 e. The molecule has 2 fully saturated rings. The second kappa shape index (κ2) is 9.32. The van der Waals surface area contributed by atoms with E-state index in [1.165, 1.54) is 7.11 Å². The Morgan fingerprint density at radius 3 is 2.75 bits per heavy atom. The van der Waals surface area contributed by atoms with Gasteiger partial charge in [-0.3, -0.25) is 13.8 Å².